The van der Waals surface area contributed by atoms with Crippen LogP contribution in [0.4, 0.5) is 0 Å². The summed E-state index contributed by atoms with van der Waals surface area (Å²) in [4.78, 5) is 16.1. The quantitative estimate of drug-likeness (QED) is 0.305. The van der Waals surface area contributed by atoms with Crippen molar-refractivity contribution in [3.63, 3.8) is 0 Å². The van der Waals surface area contributed by atoms with E-state index in [-0.39, 0.29) is 48.6 Å². The Balaban J connectivity index is 0.000000364. The van der Waals surface area contributed by atoms with Crippen LogP contribution in [0, 0.1) is 16.9 Å². The van der Waals surface area contributed by atoms with E-state index in [1.54, 1.807) is 0 Å². The molecule has 0 aliphatic carbocycles. The molecule has 1 unspecified atom stereocenters. The molecule has 1 atom stereocenters. The van der Waals surface area contributed by atoms with Gasteiger partial charge in [0.1, 0.15) is 5.78 Å². The van der Waals surface area contributed by atoms with Gasteiger partial charge in [0.25, 0.3) is 0 Å². The molecule has 0 saturated carbocycles. The molecule has 187 valence electrons. The largest absolute Gasteiger partial charge is 0.392 e. The molecule has 0 bridgehead atoms. The first-order chi connectivity index (χ1) is 15.1. The zero-order valence-corrected chi connectivity index (χ0v) is 24.5. The van der Waals surface area contributed by atoms with E-state index in [2.05, 4.69) is 74.3 Å². The number of aliphatic hydroxyl groups excluding tert-OH is 1. The Morgan fingerprint density at radius 2 is 1.56 bits per heavy atom. The van der Waals surface area contributed by atoms with Crippen LogP contribution in [0.15, 0.2) is 54.7 Å². The zero-order valence-electron chi connectivity index (χ0n) is 22.1. The number of carbonyl (C=O) groups is 1. The van der Waals surface area contributed by atoms with E-state index in [1.165, 1.54) is 16.3 Å². The van der Waals surface area contributed by atoms with Gasteiger partial charge in [0.2, 0.25) is 0 Å². The molecular formula is C30H40IrNO2-. The third kappa shape index (κ3) is 8.41. The number of pyridine rings is 1. The minimum atomic E-state index is -0.542. The minimum absolute atomic E-state index is 0. The number of benzene rings is 2. The number of nitrogens with zero attached hydrogens (tertiary/aromatic N) is 1. The molecule has 0 spiro atoms. The number of ketones is 1. The van der Waals surface area contributed by atoms with Gasteiger partial charge in [-0.15, -0.1) is 35.4 Å². The van der Waals surface area contributed by atoms with Crippen LogP contribution in [0.1, 0.15) is 74.3 Å². The first kappa shape index (κ1) is 30.2. The van der Waals surface area contributed by atoms with Crippen molar-refractivity contribution in [3.05, 3.63) is 66.4 Å². The second kappa shape index (κ2) is 11.7. The van der Waals surface area contributed by atoms with Crippen LogP contribution in [-0.4, -0.2) is 22.0 Å². The summed E-state index contributed by atoms with van der Waals surface area (Å²) in [6, 6.07) is 20.1. The molecule has 1 N–H and O–H groups in total. The van der Waals surface area contributed by atoms with Gasteiger partial charge >= 0.3 is 0 Å². The maximum atomic E-state index is 11.6. The van der Waals surface area contributed by atoms with Crippen LogP contribution < -0.4 is 0 Å². The number of Topliss-reactive ketones (excluding diaryl/α,β-unsaturated/α-hetero) is 1. The van der Waals surface area contributed by atoms with Crippen LogP contribution in [0.2, 0.25) is 0 Å². The number of aromatic nitrogens is 1. The molecule has 0 aliphatic heterocycles. The number of carbonyl (C=O) groups excluding carboxylic acids is 1. The van der Waals surface area contributed by atoms with Gasteiger partial charge in [-0.25, -0.2) is 0 Å². The fourth-order valence-electron chi connectivity index (χ4n) is 3.16. The van der Waals surface area contributed by atoms with E-state index in [9.17, 15) is 9.90 Å². The fraction of sp³-hybridized carbons (Fsp3) is 0.467. The molecule has 1 heterocycles. The van der Waals surface area contributed by atoms with Gasteiger partial charge in [-0.1, -0.05) is 86.6 Å². The van der Waals surface area contributed by atoms with Crippen LogP contribution in [-0.2, 0) is 30.3 Å². The van der Waals surface area contributed by atoms with Crippen molar-refractivity contribution in [2.24, 2.45) is 10.8 Å². The third-order valence-electron chi connectivity index (χ3n) is 5.82. The maximum Gasteiger partial charge on any atom is 0.140 e. The van der Waals surface area contributed by atoms with Crippen LogP contribution in [0.3, 0.4) is 0 Å². The summed E-state index contributed by atoms with van der Waals surface area (Å²) in [7, 11) is 0. The van der Waals surface area contributed by atoms with Gasteiger partial charge in [0.15, 0.2) is 0 Å². The molecule has 1 radical (unpaired) electrons. The minimum Gasteiger partial charge on any atom is -0.392 e. The summed E-state index contributed by atoms with van der Waals surface area (Å²) < 4.78 is 0. The molecular weight excluding hydrogens is 599 g/mol. The Morgan fingerprint density at radius 1 is 0.941 bits per heavy atom. The number of aliphatic hydroxyl groups is 1. The molecule has 4 heteroatoms. The van der Waals surface area contributed by atoms with Gasteiger partial charge < -0.3 is 10.1 Å². The summed E-state index contributed by atoms with van der Waals surface area (Å²) in [5, 5.41) is 12.1. The van der Waals surface area contributed by atoms with Crippen molar-refractivity contribution in [1.82, 2.24) is 4.98 Å². The van der Waals surface area contributed by atoms with Gasteiger partial charge in [0, 0.05) is 38.1 Å². The molecule has 2 aromatic carbocycles. The smallest absolute Gasteiger partial charge is 0.140 e. The molecule has 0 saturated heterocycles. The first-order valence-electron chi connectivity index (χ1n) is 11.7. The predicted molar refractivity (Wildman–Crippen MR) is 139 cm³/mol. The molecule has 3 aromatic rings. The summed E-state index contributed by atoms with van der Waals surface area (Å²) >= 11 is 0. The summed E-state index contributed by atoms with van der Waals surface area (Å²) in [6.45, 7) is 18.1. The SMILES string of the molecule is CC(C)(C)C(=O)CC(O)C(C)(C)C.CC(C)(C)c1c[c-]c(-c2nccc3ccccc23)cc1.[Ir]. The fourth-order valence-corrected chi connectivity index (χ4v) is 3.16. The number of fused-ring (bicyclic) bond motifs is 1. The summed E-state index contributed by atoms with van der Waals surface area (Å²) in [6.07, 6.45) is 1.58. The van der Waals surface area contributed by atoms with Crippen molar-refractivity contribution in [1.29, 1.82) is 0 Å². The van der Waals surface area contributed by atoms with Crippen molar-refractivity contribution < 1.29 is 30.0 Å². The normalized spacial score (nSPS) is 12.9. The monoisotopic (exact) mass is 639 g/mol. The van der Waals surface area contributed by atoms with Crippen LogP contribution in [0.5, 0.6) is 0 Å². The Hall–Kier alpha value is -1.87. The number of rotatable bonds is 3. The third-order valence-corrected chi connectivity index (χ3v) is 5.82. The Labute approximate surface area is 219 Å². The van der Waals surface area contributed by atoms with Crippen LogP contribution in [0.25, 0.3) is 22.0 Å². The van der Waals surface area contributed by atoms with E-state index in [0.29, 0.717) is 0 Å². The topological polar surface area (TPSA) is 50.2 Å². The molecule has 3 rings (SSSR count). The Bertz CT molecular complexity index is 1060. The molecule has 0 fully saturated rings. The van der Waals surface area contributed by atoms with E-state index in [4.69, 9.17) is 0 Å². The molecule has 0 amide bonds. The van der Waals surface area contributed by atoms with E-state index in [0.717, 1.165) is 11.3 Å². The summed E-state index contributed by atoms with van der Waals surface area (Å²) in [5.74, 6) is 0.120. The predicted octanol–water partition coefficient (Wildman–Crippen LogP) is 7.40. The zero-order chi connectivity index (χ0) is 25.0. The average Bonchev–Trinajstić information content (AvgIpc) is 2.72. The number of hydrogen-bond acceptors (Lipinski definition) is 3. The molecule has 3 nitrogen and oxygen atoms in total. The second-order valence-electron chi connectivity index (χ2n) is 11.9. The van der Waals surface area contributed by atoms with E-state index >= 15 is 0 Å². The first-order valence-corrected chi connectivity index (χ1v) is 11.7. The van der Waals surface area contributed by atoms with Crippen LogP contribution >= 0.6 is 0 Å². The average molecular weight is 639 g/mol. The second-order valence-corrected chi connectivity index (χ2v) is 11.9. The van der Waals surface area contributed by atoms with E-state index in [1.807, 2.05) is 53.8 Å². The van der Waals surface area contributed by atoms with E-state index < -0.39 is 6.10 Å². The molecule has 34 heavy (non-hydrogen) atoms. The maximum absolute atomic E-state index is 11.6. The standard InChI is InChI=1S/C19H18N.C11H22O2.Ir/c1-19(2,3)16-10-8-15(9-11-16)18-17-7-5-4-6-14(17)12-13-20-18;1-10(2,3)8(12)7-9(13)11(4,5)6;/h4-8,10-13H,1-3H3;8,12H,7H2,1-6H3;/q-1;;. The summed E-state index contributed by atoms with van der Waals surface area (Å²) in [5.41, 5.74) is 2.95. The van der Waals surface area contributed by atoms with Crippen molar-refractivity contribution in [2.75, 3.05) is 0 Å². The van der Waals surface area contributed by atoms with Gasteiger partial charge in [-0.2, -0.15) is 0 Å². The van der Waals surface area contributed by atoms with Crippen molar-refractivity contribution >= 4 is 16.6 Å². The van der Waals surface area contributed by atoms with Crippen molar-refractivity contribution in [3.8, 4) is 11.3 Å². The molecule has 0 aliphatic rings. The number of hydrogen-bond donors (Lipinski definition) is 1. The Kier molecular flexibility index (Phi) is 10.4. The molecule has 1 aromatic heterocycles. The van der Waals surface area contributed by atoms with Gasteiger partial charge in [0.05, 0.1) is 6.10 Å². The Morgan fingerprint density at radius 3 is 2.06 bits per heavy atom. The van der Waals surface area contributed by atoms with Crippen molar-refractivity contribution in [2.45, 2.75) is 80.3 Å². The van der Waals surface area contributed by atoms with Gasteiger partial charge in [-0.05, 0) is 33.4 Å². The van der Waals surface area contributed by atoms with Gasteiger partial charge in [-0.3, -0.25) is 4.79 Å².